The molecule has 0 radical (unpaired) electrons. The van der Waals surface area contributed by atoms with E-state index in [1.807, 2.05) is 30.5 Å². The molecule has 2 aromatic rings. The zero-order chi connectivity index (χ0) is 13.8. The molecule has 3 rings (SSSR count). The van der Waals surface area contributed by atoms with Gasteiger partial charge in [0, 0.05) is 38.3 Å². The van der Waals surface area contributed by atoms with Gasteiger partial charge in [-0.3, -0.25) is 4.90 Å². The monoisotopic (exact) mass is 273 g/mol. The van der Waals surface area contributed by atoms with E-state index in [1.54, 1.807) is 7.11 Å². The van der Waals surface area contributed by atoms with Crippen molar-refractivity contribution < 1.29 is 9.26 Å². The molecule has 0 unspecified atom stereocenters. The number of nitrogens with one attached hydrogen (secondary N) is 1. The van der Waals surface area contributed by atoms with E-state index in [-0.39, 0.29) is 0 Å². The van der Waals surface area contributed by atoms with Gasteiger partial charge in [0.1, 0.15) is 5.75 Å². The third-order valence-electron chi connectivity index (χ3n) is 3.60. The fourth-order valence-corrected chi connectivity index (χ4v) is 2.54. The van der Waals surface area contributed by atoms with Crippen molar-refractivity contribution in [3.63, 3.8) is 0 Å². The summed E-state index contributed by atoms with van der Waals surface area (Å²) in [7, 11) is 1.67. The lowest BCUT2D eigenvalue weighted by molar-refractivity contribution is 0.233. The number of aromatic nitrogens is 1. The second-order valence-electron chi connectivity index (χ2n) is 4.91. The molecule has 0 spiro atoms. The van der Waals surface area contributed by atoms with Crippen LogP contribution < -0.4 is 10.1 Å². The smallest absolute Gasteiger partial charge is 0.175 e. The average molecular weight is 273 g/mol. The molecule has 1 aliphatic rings. The van der Waals surface area contributed by atoms with E-state index in [9.17, 15) is 0 Å². The van der Waals surface area contributed by atoms with E-state index in [0.717, 1.165) is 55.4 Å². The fraction of sp³-hybridized carbons (Fsp3) is 0.400. The normalized spacial score (nSPS) is 16.2. The van der Waals surface area contributed by atoms with Crippen molar-refractivity contribution in [1.29, 1.82) is 0 Å². The largest absolute Gasteiger partial charge is 0.496 e. The molecule has 5 heteroatoms. The highest BCUT2D eigenvalue weighted by atomic mass is 16.5. The third-order valence-corrected chi connectivity index (χ3v) is 3.60. The summed E-state index contributed by atoms with van der Waals surface area (Å²) in [5.41, 5.74) is 2.06. The third kappa shape index (κ3) is 2.69. The Balaban J connectivity index is 1.85. The summed E-state index contributed by atoms with van der Waals surface area (Å²) in [5, 5.41) is 7.32. The van der Waals surface area contributed by atoms with Gasteiger partial charge in [-0.2, -0.15) is 0 Å². The number of benzene rings is 1. The van der Waals surface area contributed by atoms with E-state index in [1.165, 1.54) is 0 Å². The van der Waals surface area contributed by atoms with Gasteiger partial charge in [0.2, 0.25) is 0 Å². The minimum absolute atomic E-state index is 0.806. The number of hydrogen-bond acceptors (Lipinski definition) is 5. The Morgan fingerprint density at radius 3 is 2.90 bits per heavy atom. The van der Waals surface area contributed by atoms with Crippen LogP contribution in [0, 0.1) is 0 Å². The van der Waals surface area contributed by atoms with Gasteiger partial charge < -0.3 is 14.6 Å². The number of piperazine rings is 1. The first kappa shape index (κ1) is 13.1. The fourth-order valence-electron chi connectivity index (χ4n) is 2.54. The van der Waals surface area contributed by atoms with Crippen molar-refractivity contribution >= 4 is 0 Å². The maximum Gasteiger partial charge on any atom is 0.175 e. The summed E-state index contributed by atoms with van der Waals surface area (Å²) >= 11 is 0. The number of methoxy groups -OCH3 is 1. The van der Waals surface area contributed by atoms with Gasteiger partial charge in [0.05, 0.1) is 18.9 Å². The van der Waals surface area contributed by atoms with Crippen molar-refractivity contribution in [2.45, 2.75) is 6.54 Å². The molecule has 0 amide bonds. The van der Waals surface area contributed by atoms with Crippen molar-refractivity contribution in [2.24, 2.45) is 0 Å². The highest BCUT2D eigenvalue weighted by Crippen LogP contribution is 2.32. The van der Waals surface area contributed by atoms with Crippen molar-refractivity contribution in [1.82, 2.24) is 15.4 Å². The van der Waals surface area contributed by atoms with E-state index in [2.05, 4.69) is 15.4 Å². The number of rotatable bonds is 4. The Kier molecular flexibility index (Phi) is 3.99. The van der Waals surface area contributed by atoms with Gasteiger partial charge in [0.25, 0.3) is 0 Å². The van der Waals surface area contributed by atoms with Crippen LogP contribution in [0.1, 0.15) is 5.56 Å². The molecular weight excluding hydrogens is 254 g/mol. The molecule has 1 saturated heterocycles. The zero-order valence-electron chi connectivity index (χ0n) is 11.6. The highest BCUT2D eigenvalue weighted by molar-refractivity contribution is 5.68. The van der Waals surface area contributed by atoms with Crippen LogP contribution in [0.4, 0.5) is 0 Å². The lowest BCUT2D eigenvalue weighted by Crippen LogP contribution is -2.42. The number of ether oxygens (including phenoxy) is 1. The minimum atomic E-state index is 0.806. The number of para-hydroxylation sites is 1. The van der Waals surface area contributed by atoms with Gasteiger partial charge in [-0.1, -0.05) is 17.3 Å². The summed E-state index contributed by atoms with van der Waals surface area (Å²) in [4.78, 5) is 2.40. The van der Waals surface area contributed by atoms with Crippen LogP contribution in [-0.2, 0) is 6.54 Å². The molecule has 20 heavy (non-hydrogen) atoms. The van der Waals surface area contributed by atoms with Crippen LogP contribution in [0.3, 0.4) is 0 Å². The van der Waals surface area contributed by atoms with Gasteiger partial charge >= 0.3 is 0 Å². The summed E-state index contributed by atoms with van der Waals surface area (Å²) in [6.45, 7) is 5.04. The molecule has 5 nitrogen and oxygen atoms in total. The molecule has 1 aromatic carbocycles. The first-order valence-corrected chi connectivity index (χ1v) is 6.88. The zero-order valence-corrected chi connectivity index (χ0v) is 11.6. The first-order chi connectivity index (χ1) is 9.88. The number of nitrogens with zero attached hydrogens (tertiary/aromatic N) is 2. The van der Waals surface area contributed by atoms with Crippen LogP contribution >= 0.6 is 0 Å². The molecular formula is C15H19N3O2. The van der Waals surface area contributed by atoms with Crippen LogP contribution in [0.5, 0.6) is 5.75 Å². The minimum Gasteiger partial charge on any atom is -0.496 e. The lowest BCUT2D eigenvalue weighted by Gasteiger charge is -2.26. The van der Waals surface area contributed by atoms with Crippen molar-refractivity contribution in [3.05, 3.63) is 36.0 Å². The van der Waals surface area contributed by atoms with Crippen molar-refractivity contribution in [2.75, 3.05) is 33.3 Å². The van der Waals surface area contributed by atoms with Gasteiger partial charge in [0.15, 0.2) is 5.76 Å². The number of hydrogen-bond donors (Lipinski definition) is 1. The molecule has 0 bridgehead atoms. The Bertz CT molecular complexity index is 562. The molecule has 1 N–H and O–H groups in total. The summed E-state index contributed by atoms with van der Waals surface area (Å²) in [6.07, 6.45) is 1.81. The predicted molar refractivity (Wildman–Crippen MR) is 76.6 cm³/mol. The van der Waals surface area contributed by atoms with E-state index in [0.29, 0.717) is 0 Å². The molecule has 1 aromatic heterocycles. The van der Waals surface area contributed by atoms with Gasteiger partial charge in [-0.25, -0.2) is 0 Å². The Morgan fingerprint density at radius 2 is 2.10 bits per heavy atom. The first-order valence-electron chi connectivity index (χ1n) is 6.88. The standard InChI is InChI=1S/C15H19N3O2/c1-19-14-5-3-2-4-13(14)15-12(10-17-20-15)11-18-8-6-16-7-9-18/h2-5,10,16H,6-9,11H2,1H3. The summed E-state index contributed by atoms with van der Waals surface area (Å²) in [6, 6.07) is 7.87. The molecule has 0 atom stereocenters. The topological polar surface area (TPSA) is 50.5 Å². The van der Waals surface area contributed by atoms with Gasteiger partial charge in [-0.05, 0) is 12.1 Å². The SMILES string of the molecule is COc1ccccc1-c1oncc1CN1CCNCC1. The van der Waals surface area contributed by atoms with E-state index in [4.69, 9.17) is 9.26 Å². The van der Waals surface area contributed by atoms with Crippen LogP contribution in [0.2, 0.25) is 0 Å². The molecule has 1 aliphatic heterocycles. The van der Waals surface area contributed by atoms with E-state index >= 15 is 0 Å². The van der Waals surface area contributed by atoms with Crippen molar-refractivity contribution in [3.8, 4) is 17.1 Å². The van der Waals surface area contributed by atoms with E-state index < -0.39 is 0 Å². The molecule has 0 aliphatic carbocycles. The molecule has 0 saturated carbocycles. The van der Waals surface area contributed by atoms with Crippen LogP contribution in [0.25, 0.3) is 11.3 Å². The summed E-state index contributed by atoms with van der Waals surface area (Å²) < 4.78 is 10.9. The van der Waals surface area contributed by atoms with Crippen LogP contribution in [0.15, 0.2) is 35.0 Å². The molecule has 2 heterocycles. The predicted octanol–water partition coefficient (Wildman–Crippen LogP) is 1.76. The molecule has 1 fully saturated rings. The second-order valence-corrected chi connectivity index (χ2v) is 4.91. The highest BCUT2D eigenvalue weighted by Gasteiger charge is 2.18. The Hall–Kier alpha value is -1.85. The average Bonchev–Trinajstić information content (AvgIpc) is 2.96. The molecule has 106 valence electrons. The quantitative estimate of drug-likeness (QED) is 0.920. The second kappa shape index (κ2) is 6.07. The maximum atomic E-state index is 5.46. The van der Waals surface area contributed by atoms with Gasteiger partial charge in [-0.15, -0.1) is 0 Å². The van der Waals surface area contributed by atoms with Crippen LogP contribution in [-0.4, -0.2) is 43.3 Å². The Morgan fingerprint density at radius 1 is 1.30 bits per heavy atom. The summed E-state index contributed by atoms with van der Waals surface area (Å²) in [5.74, 6) is 1.62. The lowest BCUT2D eigenvalue weighted by atomic mass is 10.1. The Labute approximate surface area is 118 Å². The maximum absolute atomic E-state index is 5.46.